The fourth-order valence-corrected chi connectivity index (χ4v) is 3.36. The number of rotatable bonds is 7. The minimum Gasteiger partial charge on any atom is -0.360 e. The molecule has 3 aromatic rings. The second-order valence-electron chi connectivity index (χ2n) is 5.79. The molecule has 0 aliphatic heterocycles. The second-order valence-corrected chi connectivity index (χ2v) is 7.48. The maximum atomic E-state index is 12.4. The SMILES string of the molecule is Cc1cc(NS(=O)(=O)c2ccc(Nc3ccc([N+](=O)[O-])cc3[N+](=O)[O-])cc2)no1. The van der Waals surface area contributed by atoms with Gasteiger partial charge in [-0.1, -0.05) is 5.16 Å². The molecule has 0 aliphatic carbocycles. The smallest absolute Gasteiger partial charge is 0.299 e. The van der Waals surface area contributed by atoms with E-state index >= 15 is 0 Å². The first-order chi connectivity index (χ1) is 13.7. The third-order valence-corrected chi connectivity index (χ3v) is 5.07. The Bertz CT molecular complexity index is 1190. The molecular weight excluding hydrogens is 406 g/mol. The zero-order valence-electron chi connectivity index (χ0n) is 14.7. The number of hydrogen-bond acceptors (Lipinski definition) is 9. The number of non-ortho nitro benzene ring substituents is 1. The Morgan fingerprint density at radius 1 is 1.00 bits per heavy atom. The molecule has 0 atom stereocenters. The molecule has 13 heteroatoms. The lowest BCUT2D eigenvalue weighted by atomic mass is 10.2. The van der Waals surface area contributed by atoms with Gasteiger partial charge in [-0.05, 0) is 37.3 Å². The lowest BCUT2D eigenvalue weighted by Gasteiger charge is -2.09. The van der Waals surface area contributed by atoms with Crippen LogP contribution < -0.4 is 10.0 Å². The number of nitrogens with one attached hydrogen (secondary N) is 2. The van der Waals surface area contributed by atoms with Gasteiger partial charge in [0, 0.05) is 17.8 Å². The van der Waals surface area contributed by atoms with Crippen molar-refractivity contribution in [1.29, 1.82) is 0 Å². The third-order valence-electron chi connectivity index (χ3n) is 3.70. The summed E-state index contributed by atoms with van der Waals surface area (Å²) in [5, 5.41) is 28.3. The third kappa shape index (κ3) is 4.47. The van der Waals surface area contributed by atoms with Crippen LogP contribution in [0.25, 0.3) is 0 Å². The molecule has 0 aliphatic rings. The number of nitrogens with zero attached hydrogens (tertiary/aromatic N) is 3. The predicted molar refractivity (Wildman–Crippen MR) is 102 cm³/mol. The highest BCUT2D eigenvalue weighted by Gasteiger charge is 2.20. The average molecular weight is 419 g/mol. The van der Waals surface area contributed by atoms with Crippen LogP contribution in [0.15, 0.2) is 57.9 Å². The molecular formula is C16H13N5O7S. The molecule has 0 amide bonds. The van der Waals surface area contributed by atoms with Crippen LogP contribution in [0.4, 0.5) is 28.6 Å². The molecule has 2 aromatic carbocycles. The monoisotopic (exact) mass is 419 g/mol. The quantitative estimate of drug-likeness (QED) is 0.430. The van der Waals surface area contributed by atoms with Gasteiger partial charge in [-0.15, -0.1) is 0 Å². The predicted octanol–water partition coefficient (Wildman–Crippen LogP) is 3.34. The number of hydrogen-bond donors (Lipinski definition) is 2. The Balaban J connectivity index is 1.82. The fourth-order valence-electron chi connectivity index (χ4n) is 2.37. The van der Waals surface area contributed by atoms with E-state index in [2.05, 4.69) is 15.2 Å². The van der Waals surface area contributed by atoms with Gasteiger partial charge in [0.25, 0.3) is 21.4 Å². The van der Waals surface area contributed by atoms with Crippen molar-refractivity contribution in [3.8, 4) is 0 Å². The molecule has 1 aromatic heterocycles. The number of benzene rings is 2. The molecule has 0 unspecified atom stereocenters. The van der Waals surface area contributed by atoms with E-state index in [4.69, 9.17) is 4.52 Å². The van der Waals surface area contributed by atoms with Crippen LogP contribution in [0.5, 0.6) is 0 Å². The minimum absolute atomic E-state index is 0.0207. The normalized spacial score (nSPS) is 11.1. The largest absolute Gasteiger partial charge is 0.360 e. The second kappa shape index (κ2) is 7.55. The first-order valence-corrected chi connectivity index (χ1v) is 9.40. The first kappa shape index (κ1) is 19.8. The molecule has 0 bridgehead atoms. The molecule has 0 fully saturated rings. The summed E-state index contributed by atoms with van der Waals surface area (Å²) in [5.74, 6) is 0.471. The van der Waals surface area contributed by atoms with Gasteiger partial charge in [0.1, 0.15) is 11.4 Å². The molecule has 1 heterocycles. The van der Waals surface area contributed by atoms with Gasteiger partial charge in [-0.25, -0.2) is 8.42 Å². The molecule has 29 heavy (non-hydrogen) atoms. The summed E-state index contributed by atoms with van der Waals surface area (Å²) >= 11 is 0. The van der Waals surface area contributed by atoms with Crippen molar-refractivity contribution >= 4 is 38.6 Å². The van der Waals surface area contributed by atoms with Crippen LogP contribution in [0, 0.1) is 27.2 Å². The highest BCUT2D eigenvalue weighted by Crippen LogP contribution is 2.31. The van der Waals surface area contributed by atoms with E-state index < -0.39 is 31.2 Å². The van der Waals surface area contributed by atoms with Crippen molar-refractivity contribution in [2.45, 2.75) is 11.8 Å². The van der Waals surface area contributed by atoms with Crippen molar-refractivity contribution in [3.63, 3.8) is 0 Å². The van der Waals surface area contributed by atoms with Gasteiger partial charge in [0.2, 0.25) is 0 Å². The van der Waals surface area contributed by atoms with E-state index in [1.807, 2.05) is 0 Å². The number of aryl methyl sites for hydroxylation is 1. The van der Waals surface area contributed by atoms with E-state index in [0.29, 0.717) is 11.4 Å². The topological polar surface area (TPSA) is 171 Å². The summed E-state index contributed by atoms with van der Waals surface area (Å²) in [7, 11) is -3.91. The minimum atomic E-state index is -3.91. The molecule has 3 rings (SSSR count). The fraction of sp³-hybridized carbons (Fsp3) is 0.0625. The van der Waals surface area contributed by atoms with E-state index in [0.717, 1.165) is 12.1 Å². The highest BCUT2D eigenvalue weighted by molar-refractivity contribution is 7.92. The number of aromatic nitrogens is 1. The van der Waals surface area contributed by atoms with Gasteiger partial charge in [0.15, 0.2) is 5.82 Å². The molecule has 2 N–H and O–H groups in total. The maximum absolute atomic E-state index is 12.4. The zero-order chi connectivity index (χ0) is 21.2. The van der Waals surface area contributed by atoms with Crippen molar-refractivity contribution in [1.82, 2.24) is 5.16 Å². The summed E-state index contributed by atoms with van der Waals surface area (Å²) in [5.41, 5.74) is -0.539. The lowest BCUT2D eigenvalue weighted by molar-refractivity contribution is -0.393. The summed E-state index contributed by atoms with van der Waals surface area (Å²) in [6, 6.07) is 9.95. The maximum Gasteiger partial charge on any atom is 0.299 e. The van der Waals surface area contributed by atoms with E-state index in [1.165, 1.54) is 36.4 Å². The molecule has 0 saturated carbocycles. The van der Waals surface area contributed by atoms with Gasteiger partial charge >= 0.3 is 0 Å². The van der Waals surface area contributed by atoms with E-state index in [9.17, 15) is 28.6 Å². The van der Waals surface area contributed by atoms with Crippen LogP contribution in [0.3, 0.4) is 0 Å². The van der Waals surface area contributed by atoms with E-state index in [1.54, 1.807) is 6.92 Å². The Morgan fingerprint density at radius 3 is 2.24 bits per heavy atom. The van der Waals surface area contributed by atoms with Gasteiger partial charge in [-0.3, -0.25) is 25.0 Å². The number of anilines is 3. The van der Waals surface area contributed by atoms with Crippen molar-refractivity contribution < 1.29 is 22.8 Å². The first-order valence-electron chi connectivity index (χ1n) is 7.92. The average Bonchev–Trinajstić information content (AvgIpc) is 3.06. The molecule has 0 spiro atoms. The van der Waals surface area contributed by atoms with Gasteiger partial charge in [-0.2, -0.15) is 0 Å². The Morgan fingerprint density at radius 2 is 1.69 bits per heavy atom. The van der Waals surface area contributed by atoms with Crippen LogP contribution in [-0.4, -0.2) is 23.4 Å². The summed E-state index contributed by atoms with van der Waals surface area (Å²) in [6.45, 7) is 1.61. The lowest BCUT2D eigenvalue weighted by Crippen LogP contribution is -2.13. The Labute approximate surface area is 163 Å². The Hall–Kier alpha value is -4.00. The van der Waals surface area contributed by atoms with Crippen molar-refractivity contribution in [2.75, 3.05) is 10.0 Å². The van der Waals surface area contributed by atoms with Crippen LogP contribution >= 0.6 is 0 Å². The van der Waals surface area contributed by atoms with Crippen molar-refractivity contribution in [3.05, 3.63) is 74.5 Å². The number of sulfonamides is 1. The number of nitro benzene ring substituents is 2. The van der Waals surface area contributed by atoms with Crippen LogP contribution in [0.2, 0.25) is 0 Å². The van der Waals surface area contributed by atoms with Crippen molar-refractivity contribution in [2.24, 2.45) is 0 Å². The molecule has 12 nitrogen and oxygen atoms in total. The van der Waals surface area contributed by atoms with Crippen LogP contribution in [-0.2, 0) is 10.0 Å². The molecule has 150 valence electrons. The standard InChI is InChI=1S/C16H13N5O7S/c1-10-8-16(18-28-10)19-29(26,27)13-5-2-11(3-6-13)17-14-7-4-12(20(22)23)9-15(14)21(24)25/h2-9,17H,1H3,(H,18,19). The Kier molecular flexibility index (Phi) is 5.14. The number of nitro groups is 2. The summed E-state index contributed by atoms with van der Waals surface area (Å²) in [4.78, 5) is 20.4. The highest BCUT2D eigenvalue weighted by atomic mass is 32.2. The van der Waals surface area contributed by atoms with Gasteiger partial charge in [0.05, 0.1) is 20.8 Å². The zero-order valence-corrected chi connectivity index (χ0v) is 15.5. The molecule has 0 saturated heterocycles. The van der Waals surface area contributed by atoms with Crippen LogP contribution in [0.1, 0.15) is 5.76 Å². The van der Waals surface area contributed by atoms with E-state index in [-0.39, 0.29) is 16.4 Å². The summed E-state index contributed by atoms with van der Waals surface area (Å²) in [6.07, 6.45) is 0. The summed E-state index contributed by atoms with van der Waals surface area (Å²) < 4.78 is 31.8. The van der Waals surface area contributed by atoms with Gasteiger partial charge < -0.3 is 9.84 Å². The molecule has 0 radical (unpaired) electrons.